The van der Waals surface area contributed by atoms with Crippen LogP contribution in [-0.2, 0) is 6.54 Å². The lowest BCUT2D eigenvalue weighted by Gasteiger charge is -2.24. The zero-order valence-corrected chi connectivity index (χ0v) is 16.1. The van der Waals surface area contributed by atoms with Crippen molar-refractivity contribution in [3.05, 3.63) is 105 Å². The summed E-state index contributed by atoms with van der Waals surface area (Å²) < 4.78 is 11.5. The van der Waals surface area contributed by atoms with Gasteiger partial charge in [-0.15, -0.1) is 0 Å². The Labute approximate surface area is 167 Å². The Hall–Kier alpha value is -3.60. The van der Waals surface area contributed by atoms with Crippen molar-refractivity contribution in [2.45, 2.75) is 26.4 Å². The molecule has 0 N–H and O–H groups in total. The lowest BCUT2D eigenvalue weighted by Crippen LogP contribution is -2.29. The van der Waals surface area contributed by atoms with Crippen LogP contribution in [0.4, 0.5) is 0 Å². The number of rotatable bonds is 3. The smallest absolute Gasteiger partial charge is 0.291 e. The van der Waals surface area contributed by atoms with Crippen LogP contribution in [0.1, 0.15) is 44.6 Å². The third kappa shape index (κ3) is 2.70. The second kappa shape index (κ2) is 6.48. The van der Waals surface area contributed by atoms with Gasteiger partial charge in [-0.2, -0.15) is 0 Å². The fourth-order valence-corrected chi connectivity index (χ4v) is 4.23. The zero-order valence-electron chi connectivity index (χ0n) is 16.1. The van der Waals surface area contributed by atoms with E-state index in [1.54, 1.807) is 17.2 Å². The predicted octanol–water partition coefficient (Wildman–Crippen LogP) is 4.75. The second-order valence-corrected chi connectivity index (χ2v) is 7.45. The molecule has 0 bridgehead atoms. The highest BCUT2D eigenvalue weighted by Crippen LogP contribution is 2.39. The number of hydrogen-bond donors (Lipinski definition) is 0. The van der Waals surface area contributed by atoms with Crippen molar-refractivity contribution in [1.82, 2.24) is 4.90 Å². The van der Waals surface area contributed by atoms with Crippen LogP contribution < -0.4 is 5.43 Å². The van der Waals surface area contributed by atoms with Crippen LogP contribution in [0.25, 0.3) is 11.0 Å². The molecular formula is C24H19NO4. The minimum atomic E-state index is -0.523. The van der Waals surface area contributed by atoms with Crippen LogP contribution in [-0.4, -0.2) is 10.8 Å². The molecule has 144 valence electrons. The molecule has 1 aliphatic rings. The second-order valence-electron chi connectivity index (χ2n) is 7.45. The summed E-state index contributed by atoms with van der Waals surface area (Å²) in [6.07, 6.45) is 1.57. The topological polar surface area (TPSA) is 63.7 Å². The van der Waals surface area contributed by atoms with Crippen molar-refractivity contribution < 1.29 is 13.6 Å². The number of carbonyl (C=O) groups excluding carboxylic acids is 1. The van der Waals surface area contributed by atoms with E-state index in [-0.39, 0.29) is 23.6 Å². The van der Waals surface area contributed by atoms with Gasteiger partial charge in [0.15, 0.2) is 5.43 Å². The van der Waals surface area contributed by atoms with Crippen LogP contribution in [0.5, 0.6) is 0 Å². The Morgan fingerprint density at radius 3 is 2.52 bits per heavy atom. The van der Waals surface area contributed by atoms with E-state index in [1.165, 1.54) is 0 Å². The third-order valence-electron chi connectivity index (χ3n) is 5.43. The molecule has 2 aromatic carbocycles. The number of fused-ring (bicyclic) bond motifs is 2. The standard InChI is InChI=1S/C24H19NO4/c1-14-11-15(2)19-18(12-14)29-23-20(22(19)26)21(16-7-4-3-5-8-16)25(24(23)27)13-17-9-6-10-28-17/h3-12,21H,13H2,1-2H3. The molecular weight excluding hydrogens is 366 g/mol. The van der Waals surface area contributed by atoms with Gasteiger partial charge in [0.25, 0.3) is 5.91 Å². The first-order chi connectivity index (χ1) is 14.0. The van der Waals surface area contributed by atoms with E-state index in [4.69, 9.17) is 8.83 Å². The summed E-state index contributed by atoms with van der Waals surface area (Å²) in [5, 5.41) is 0.530. The quantitative estimate of drug-likeness (QED) is 0.511. The highest BCUT2D eigenvalue weighted by atomic mass is 16.4. The predicted molar refractivity (Wildman–Crippen MR) is 109 cm³/mol. The minimum absolute atomic E-state index is 0.118. The first-order valence-corrected chi connectivity index (χ1v) is 9.51. The first kappa shape index (κ1) is 17.5. The molecule has 1 unspecified atom stereocenters. The summed E-state index contributed by atoms with van der Waals surface area (Å²) in [5.41, 5.74) is 3.39. The van der Waals surface area contributed by atoms with E-state index in [2.05, 4.69) is 0 Å². The lowest BCUT2D eigenvalue weighted by molar-refractivity contribution is 0.0701. The average Bonchev–Trinajstić information content (AvgIpc) is 3.30. The molecule has 29 heavy (non-hydrogen) atoms. The highest BCUT2D eigenvalue weighted by Gasteiger charge is 2.43. The van der Waals surface area contributed by atoms with Crippen molar-refractivity contribution in [2.24, 2.45) is 0 Å². The highest BCUT2D eigenvalue weighted by molar-refractivity contribution is 5.99. The molecule has 3 heterocycles. The van der Waals surface area contributed by atoms with E-state index < -0.39 is 6.04 Å². The Kier molecular flexibility index (Phi) is 3.91. The van der Waals surface area contributed by atoms with Gasteiger partial charge in [-0.25, -0.2) is 0 Å². The van der Waals surface area contributed by atoms with Gasteiger partial charge in [-0.05, 0) is 48.7 Å². The summed E-state index contributed by atoms with van der Waals surface area (Å²) in [6.45, 7) is 4.09. The largest absolute Gasteiger partial charge is 0.467 e. The maximum atomic E-state index is 13.6. The van der Waals surface area contributed by atoms with Gasteiger partial charge in [0.2, 0.25) is 5.76 Å². The van der Waals surface area contributed by atoms with E-state index in [0.29, 0.717) is 22.3 Å². The monoisotopic (exact) mass is 385 g/mol. The van der Waals surface area contributed by atoms with Crippen molar-refractivity contribution in [3.8, 4) is 0 Å². The normalized spacial score (nSPS) is 15.9. The molecule has 2 aromatic heterocycles. The maximum Gasteiger partial charge on any atom is 0.291 e. The Morgan fingerprint density at radius 1 is 1.00 bits per heavy atom. The first-order valence-electron chi connectivity index (χ1n) is 9.51. The van der Waals surface area contributed by atoms with Crippen LogP contribution in [0.15, 0.2) is 74.5 Å². The Morgan fingerprint density at radius 2 is 1.79 bits per heavy atom. The third-order valence-corrected chi connectivity index (χ3v) is 5.43. The number of benzene rings is 2. The number of aryl methyl sites for hydroxylation is 2. The molecule has 5 nitrogen and oxygen atoms in total. The lowest BCUT2D eigenvalue weighted by atomic mass is 9.97. The average molecular weight is 385 g/mol. The molecule has 0 aliphatic carbocycles. The van der Waals surface area contributed by atoms with Crippen molar-refractivity contribution >= 4 is 16.9 Å². The number of hydrogen-bond acceptors (Lipinski definition) is 4. The summed E-state index contributed by atoms with van der Waals surface area (Å²) in [5.74, 6) is 0.465. The van der Waals surface area contributed by atoms with Crippen molar-refractivity contribution in [3.63, 3.8) is 0 Å². The van der Waals surface area contributed by atoms with Crippen LogP contribution >= 0.6 is 0 Å². The Bertz CT molecular complexity index is 1290. The molecule has 0 spiro atoms. The Balaban J connectivity index is 1.78. The molecule has 4 aromatic rings. The van der Waals surface area contributed by atoms with Gasteiger partial charge in [0.1, 0.15) is 11.3 Å². The van der Waals surface area contributed by atoms with Crippen LogP contribution in [0, 0.1) is 13.8 Å². The fraction of sp³-hybridized carbons (Fsp3) is 0.167. The van der Waals surface area contributed by atoms with Crippen LogP contribution in [0.3, 0.4) is 0 Å². The van der Waals surface area contributed by atoms with Crippen LogP contribution in [0.2, 0.25) is 0 Å². The number of nitrogens with zero attached hydrogens (tertiary/aromatic N) is 1. The van der Waals surface area contributed by atoms with E-state index in [0.717, 1.165) is 16.7 Å². The van der Waals surface area contributed by atoms with E-state index >= 15 is 0 Å². The molecule has 1 atom stereocenters. The summed E-state index contributed by atoms with van der Waals surface area (Å²) in [6, 6.07) is 16.4. The van der Waals surface area contributed by atoms with Crippen molar-refractivity contribution in [1.29, 1.82) is 0 Å². The van der Waals surface area contributed by atoms with E-state index in [1.807, 2.05) is 62.4 Å². The molecule has 0 radical (unpaired) electrons. The molecule has 0 fully saturated rings. The minimum Gasteiger partial charge on any atom is -0.467 e. The van der Waals surface area contributed by atoms with Gasteiger partial charge in [0.05, 0.1) is 29.8 Å². The SMILES string of the molecule is Cc1cc(C)c2c(=O)c3c(oc2c1)C(=O)N(Cc1ccco1)C3c1ccccc1. The molecule has 0 saturated heterocycles. The molecule has 0 saturated carbocycles. The number of furan rings is 1. The molecule has 5 rings (SSSR count). The summed E-state index contributed by atoms with van der Waals surface area (Å²) in [7, 11) is 0. The summed E-state index contributed by atoms with van der Waals surface area (Å²) in [4.78, 5) is 28.5. The van der Waals surface area contributed by atoms with Gasteiger partial charge in [-0.1, -0.05) is 36.4 Å². The number of amides is 1. The summed E-state index contributed by atoms with van der Waals surface area (Å²) >= 11 is 0. The molecule has 1 amide bonds. The van der Waals surface area contributed by atoms with Gasteiger partial charge >= 0.3 is 0 Å². The molecule has 1 aliphatic heterocycles. The zero-order chi connectivity index (χ0) is 20.1. The fourth-order valence-electron chi connectivity index (χ4n) is 4.23. The van der Waals surface area contributed by atoms with Gasteiger partial charge in [0, 0.05) is 0 Å². The number of carbonyl (C=O) groups is 1. The maximum absolute atomic E-state index is 13.6. The van der Waals surface area contributed by atoms with Crippen molar-refractivity contribution in [2.75, 3.05) is 0 Å². The van der Waals surface area contributed by atoms with E-state index in [9.17, 15) is 9.59 Å². The molecule has 5 heteroatoms. The van der Waals surface area contributed by atoms with Gasteiger partial charge < -0.3 is 13.7 Å². The van der Waals surface area contributed by atoms with Gasteiger partial charge in [-0.3, -0.25) is 9.59 Å².